The zero-order valence-corrected chi connectivity index (χ0v) is 6.61. The SMILES string of the molecule is O=S(=O)(O)OOOOS(=O)(=O)O. The molecule has 12 heteroatoms. The monoisotopic (exact) mass is 226 g/mol. The normalized spacial score (nSPS) is 13.2. The standard InChI is InChI=1S/H2O10S2/c1-11(2,3)9-7-8-10-12(4,5)6/h(H,1,2,3)(H,4,5,6). The summed E-state index contributed by atoms with van der Waals surface area (Å²) in [5, 5.41) is 5.95. The van der Waals surface area contributed by atoms with Gasteiger partial charge in [0.1, 0.15) is 0 Å². The van der Waals surface area contributed by atoms with Gasteiger partial charge in [-0.25, -0.2) is 0 Å². The molecule has 0 aliphatic carbocycles. The lowest BCUT2D eigenvalue weighted by molar-refractivity contribution is -0.577. The summed E-state index contributed by atoms with van der Waals surface area (Å²) in [6.45, 7) is 0. The first-order valence-electron chi connectivity index (χ1n) is 1.87. The molecular formula is H2O10S2. The molecule has 0 aromatic carbocycles. The molecule has 12 heavy (non-hydrogen) atoms. The lowest BCUT2D eigenvalue weighted by atomic mass is 14.4. The van der Waals surface area contributed by atoms with E-state index in [1.807, 2.05) is 0 Å². The Morgan fingerprint density at radius 2 is 1.00 bits per heavy atom. The maximum absolute atomic E-state index is 9.62. The van der Waals surface area contributed by atoms with E-state index in [4.69, 9.17) is 9.11 Å². The van der Waals surface area contributed by atoms with Crippen LogP contribution < -0.4 is 0 Å². The highest BCUT2D eigenvalue weighted by atomic mass is 32.3. The fourth-order valence-corrected chi connectivity index (χ4v) is 0.279. The molecule has 0 aromatic heterocycles. The van der Waals surface area contributed by atoms with Crippen molar-refractivity contribution in [2.24, 2.45) is 0 Å². The second kappa shape index (κ2) is 4.06. The molecule has 0 bridgehead atoms. The van der Waals surface area contributed by atoms with Crippen molar-refractivity contribution in [2.75, 3.05) is 0 Å². The zero-order chi connectivity index (χ0) is 9.83. The van der Waals surface area contributed by atoms with E-state index in [2.05, 4.69) is 18.7 Å². The van der Waals surface area contributed by atoms with Crippen LogP contribution in [0.15, 0.2) is 0 Å². The first-order chi connectivity index (χ1) is 5.21. The minimum atomic E-state index is -4.95. The first-order valence-corrected chi connectivity index (χ1v) is 4.60. The van der Waals surface area contributed by atoms with Crippen LogP contribution in [0.25, 0.3) is 0 Å². The summed E-state index contributed by atoms with van der Waals surface area (Å²) in [7, 11) is -9.89. The van der Waals surface area contributed by atoms with E-state index < -0.39 is 20.8 Å². The van der Waals surface area contributed by atoms with Crippen LogP contribution in [0, 0.1) is 0 Å². The molecule has 10 nitrogen and oxygen atoms in total. The summed E-state index contributed by atoms with van der Waals surface area (Å²) in [6, 6.07) is 0. The van der Waals surface area contributed by atoms with E-state index in [9.17, 15) is 16.8 Å². The predicted octanol–water partition coefficient (Wildman–Crippen LogP) is -1.60. The maximum Gasteiger partial charge on any atom is 0.426 e. The van der Waals surface area contributed by atoms with Gasteiger partial charge in [0.05, 0.1) is 0 Å². The van der Waals surface area contributed by atoms with Gasteiger partial charge in [0.2, 0.25) is 0 Å². The number of rotatable bonds is 5. The molecule has 0 unspecified atom stereocenters. The maximum atomic E-state index is 9.62. The van der Waals surface area contributed by atoms with E-state index in [0.717, 1.165) is 0 Å². The summed E-state index contributed by atoms with van der Waals surface area (Å²) < 4.78 is 59.8. The Morgan fingerprint density at radius 3 is 1.17 bits per heavy atom. The zero-order valence-electron chi connectivity index (χ0n) is 4.98. The largest absolute Gasteiger partial charge is 0.426 e. The highest BCUT2D eigenvalue weighted by molar-refractivity contribution is 7.81. The Kier molecular flexibility index (Phi) is 3.94. The smallest absolute Gasteiger partial charge is 0.262 e. The van der Waals surface area contributed by atoms with Crippen molar-refractivity contribution < 1.29 is 44.7 Å². The van der Waals surface area contributed by atoms with Crippen molar-refractivity contribution in [3.8, 4) is 0 Å². The number of hydrogen-bond donors (Lipinski definition) is 2. The van der Waals surface area contributed by atoms with Crippen molar-refractivity contribution in [1.82, 2.24) is 0 Å². The molecule has 0 radical (unpaired) electrons. The lowest BCUT2D eigenvalue weighted by Crippen LogP contribution is -2.09. The second-order valence-electron chi connectivity index (χ2n) is 1.13. The van der Waals surface area contributed by atoms with Crippen LogP contribution in [0.2, 0.25) is 0 Å². The van der Waals surface area contributed by atoms with Crippen molar-refractivity contribution in [1.29, 1.82) is 0 Å². The van der Waals surface area contributed by atoms with Crippen LogP contribution in [0.5, 0.6) is 0 Å². The Morgan fingerprint density at radius 1 is 0.750 bits per heavy atom. The van der Waals surface area contributed by atoms with Crippen molar-refractivity contribution in [2.45, 2.75) is 0 Å². The third-order valence-electron chi connectivity index (χ3n) is 0.255. The van der Waals surface area contributed by atoms with Crippen molar-refractivity contribution in [3.05, 3.63) is 0 Å². The van der Waals surface area contributed by atoms with Gasteiger partial charge in [-0.2, -0.15) is 16.8 Å². The van der Waals surface area contributed by atoms with E-state index in [0.29, 0.717) is 0 Å². The minimum Gasteiger partial charge on any atom is -0.262 e. The molecule has 0 amide bonds. The Bertz CT molecular complexity index is 268. The van der Waals surface area contributed by atoms with Gasteiger partial charge in [0.15, 0.2) is 0 Å². The molecule has 0 atom stereocenters. The highest BCUT2D eigenvalue weighted by Gasteiger charge is 2.10. The summed E-state index contributed by atoms with van der Waals surface area (Å²) in [5.74, 6) is 0. The molecule has 0 aromatic rings. The van der Waals surface area contributed by atoms with Gasteiger partial charge in [-0.3, -0.25) is 9.11 Å². The average molecular weight is 226 g/mol. The van der Waals surface area contributed by atoms with Gasteiger partial charge in [-0.1, -0.05) is 8.67 Å². The summed E-state index contributed by atoms with van der Waals surface area (Å²) in [6.07, 6.45) is 0. The molecule has 0 fully saturated rings. The van der Waals surface area contributed by atoms with Crippen LogP contribution in [0.1, 0.15) is 0 Å². The van der Waals surface area contributed by atoms with Crippen LogP contribution in [-0.4, -0.2) is 25.9 Å². The molecule has 74 valence electrons. The molecule has 0 spiro atoms. The van der Waals surface area contributed by atoms with Crippen molar-refractivity contribution in [3.63, 3.8) is 0 Å². The topological polar surface area (TPSA) is 146 Å². The Hall–Kier alpha value is -0.340. The summed E-state index contributed by atoms with van der Waals surface area (Å²) in [5.41, 5.74) is 0. The van der Waals surface area contributed by atoms with Crippen molar-refractivity contribution >= 4 is 20.8 Å². The fourth-order valence-electron chi connectivity index (χ4n) is 0.0929. The van der Waals surface area contributed by atoms with Gasteiger partial charge in [-0.05, 0) is 10.1 Å². The molecular weight excluding hydrogens is 224 g/mol. The fraction of sp³-hybridized carbons (Fsp3) is 0. The molecule has 0 saturated carbocycles. The van der Waals surface area contributed by atoms with Crippen LogP contribution in [0.3, 0.4) is 0 Å². The minimum absolute atomic E-state index is 2.93. The van der Waals surface area contributed by atoms with Gasteiger partial charge in [0.25, 0.3) is 0 Å². The van der Waals surface area contributed by atoms with Crippen LogP contribution in [-0.2, 0) is 39.5 Å². The van der Waals surface area contributed by atoms with Gasteiger partial charge < -0.3 is 0 Å². The predicted molar refractivity (Wildman–Crippen MR) is 27.4 cm³/mol. The molecule has 0 rings (SSSR count). The molecule has 0 heterocycles. The van der Waals surface area contributed by atoms with E-state index >= 15 is 0 Å². The van der Waals surface area contributed by atoms with E-state index in [1.54, 1.807) is 0 Å². The third kappa shape index (κ3) is 9.66. The van der Waals surface area contributed by atoms with Crippen LogP contribution in [0.4, 0.5) is 0 Å². The van der Waals surface area contributed by atoms with E-state index in [-0.39, 0.29) is 0 Å². The average Bonchev–Trinajstić information content (AvgIpc) is 1.76. The number of hydrogen-bond acceptors (Lipinski definition) is 8. The third-order valence-corrected chi connectivity index (χ3v) is 0.710. The lowest BCUT2D eigenvalue weighted by Gasteiger charge is -1.95. The van der Waals surface area contributed by atoms with Gasteiger partial charge in [0, 0.05) is 0 Å². The summed E-state index contributed by atoms with van der Waals surface area (Å²) >= 11 is 0. The highest BCUT2D eigenvalue weighted by Crippen LogP contribution is 1.93. The van der Waals surface area contributed by atoms with Crippen LogP contribution >= 0.6 is 0 Å². The Labute approximate surface area is 66.3 Å². The first kappa shape index (κ1) is 11.7. The molecule has 0 aliphatic rings. The Balaban J connectivity index is 3.62. The van der Waals surface area contributed by atoms with Gasteiger partial charge in [-0.15, -0.1) is 0 Å². The van der Waals surface area contributed by atoms with Gasteiger partial charge >= 0.3 is 20.8 Å². The summed E-state index contributed by atoms with van der Waals surface area (Å²) in [4.78, 5) is 0. The second-order valence-corrected chi connectivity index (χ2v) is 3.11. The molecule has 0 aliphatic heterocycles. The molecule has 2 N–H and O–H groups in total. The molecule has 0 saturated heterocycles. The quantitative estimate of drug-likeness (QED) is 0.243. The van der Waals surface area contributed by atoms with E-state index in [1.165, 1.54) is 0 Å².